The molecule has 2 rings (SSSR count). The molecule has 0 unspecified atom stereocenters. The summed E-state index contributed by atoms with van der Waals surface area (Å²) >= 11 is 0. The Labute approximate surface area is 162 Å². The number of hydrogen-bond donors (Lipinski definition) is 2. The Bertz CT molecular complexity index is 623. The van der Waals surface area contributed by atoms with Crippen molar-refractivity contribution in [3.05, 3.63) is 29.8 Å². The fraction of sp³-hybridized carbons (Fsp3) is 0.600. The second-order valence-electron chi connectivity index (χ2n) is 7.56. The summed E-state index contributed by atoms with van der Waals surface area (Å²) < 4.78 is 5.75. The number of morpholine rings is 1. The molecular formula is C20H32N4O3. The lowest BCUT2D eigenvalue weighted by molar-refractivity contribution is -0.127. The fourth-order valence-electron chi connectivity index (χ4n) is 3.16. The van der Waals surface area contributed by atoms with Gasteiger partial charge in [-0.2, -0.15) is 0 Å². The maximum absolute atomic E-state index is 12.2. The van der Waals surface area contributed by atoms with Gasteiger partial charge in [-0.25, -0.2) is 4.79 Å². The van der Waals surface area contributed by atoms with Gasteiger partial charge in [0, 0.05) is 45.5 Å². The first kappa shape index (κ1) is 21.2. The van der Waals surface area contributed by atoms with E-state index in [0.717, 1.165) is 18.7 Å². The molecule has 1 aliphatic heterocycles. The van der Waals surface area contributed by atoms with Gasteiger partial charge in [-0.1, -0.05) is 12.1 Å². The van der Waals surface area contributed by atoms with Crippen molar-refractivity contribution in [3.8, 4) is 0 Å². The second-order valence-corrected chi connectivity index (χ2v) is 7.56. The van der Waals surface area contributed by atoms with Crippen molar-refractivity contribution < 1.29 is 14.3 Å². The van der Waals surface area contributed by atoms with Crippen LogP contribution in [0, 0.1) is 0 Å². The van der Waals surface area contributed by atoms with Gasteiger partial charge >= 0.3 is 6.03 Å². The minimum absolute atomic E-state index is 0.0502. The molecule has 1 aliphatic rings. The summed E-state index contributed by atoms with van der Waals surface area (Å²) in [6.45, 7) is 8.59. The molecule has 0 bridgehead atoms. The van der Waals surface area contributed by atoms with Gasteiger partial charge in [0.1, 0.15) is 0 Å². The highest BCUT2D eigenvalue weighted by Crippen LogP contribution is 2.13. The van der Waals surface area contributed by atoms with Crippen LogP contribution in [0.5, 0.6) is 0 Å². The minimum atomic E-state index is -0.228. The monoisotopic (exact) mass is 376 g/mol. The summed E-state index contributed by atoms with van der Waals surface area (Å²) in [5.41, 5.74) is 1.62. The van der Waals surface area contributed by atoms with Gasteiger partial charge in [0.05, 0.1) is 18.6 Å². The van der Waals surface area contributed by atoms with E-state index in [1.54, 1.807) is 19.0 Å². The Morgan fingerprint density at radius 1 is 1.19 bits per heavy atom. The third-order valence-corrected chi connectivity index (χ3v) is 4.70. The Morgan fingerprint density at radius 3 is 2.33 bits per heavy atom. The van der Waals surface area contributed by atoms with Crippen molar-refractivity contribution >= 4 is 17.6 Å². The Hall–Kier alpha value is -2.12. The number of nitrogens with one attached hydrogen (secondary N) is 2. The maximum atomic E-state index is 12.2. The zero-order valence-electron chi connectivity index (χ0n) is 17.0. The van der Waals surface area contributed by atoms with E-state index in [-0.39, 0.29) is 30.2 Å². The molecule has 0 spiro atoms. The first-order valence-corrected chi connectivity index (χ1v) is 9.48. The molecule has 3 amide bonds. The van der Waals surface area contributed by atoms with Crippen LogP contribution in [0.25, 0.3) is 0 Å². The van der Waals surface area contributed by atoms with Gasteiger partial charge in [0.25, 0.3) is 0 Å². The number of rotatable bonds is 6. The average molecular weight is 377 g/mol. The van der Waals surface area contributed by atoms with Crippen LogP contribution in [0.1, 0.15) is 26.3 Å². The number of ether oxygens (including phenoxy) is 1. The summed E-state index contributed by atoms with van der Waals surface area (Å²) in [7, 11) is 3.48. The van der Waals surface area contributed by atoms with Gasteiger partial charge < -0.3 is 20.3 Å². The smallest absolute Gasteiger partial charge is 0.319 e. The fourth-order valence-corrected chi connectivity index (χ4v) is 3.16. The number of anilines is 1. The van der Waals surface area contributed by atoms with Crippen molar-refractivity contribution in [1.29, 1.82) is 0 Å². The largest absolute Gasteiger partial charge is 0.373 e. The summed E-state index contributed by atoms with van der Waals surface area (Å²) in [6, 6.07) is 7.35. The van der Waals surface area contributed by atoms with E-state index >= 15 is 0 Å². The number of nitrogens with zero attached hydrogens (tertiary/aromatic N) is 2. The van der Waals surface area contributed by atoms with E-state index in [1.165, 1.54) is 0 Å². The topological polar surface area (TPSA) is 73.9 Å². The van der Waals surface area contributed by atoms with Gasteiger partial charge in [-0.3, -0.25) is 9.69 Å². The summed E-state index contributed by atoms with van der Waals surface area (Å²) in [4.78, 5) is 27.8. The predicted octanol–water partition coefficient (Wildman–Crippen LogP) is 1.94. The van der Waals surface area contributed by atoms with Crippen LogP contribution in [0.3, 0.4) is 0 Å². The lowest BCUT2D eigenvalue weighted by atomic mass is 10.1. The van der Waals surface area contributed by atoms with Crippen LogP contribution in [0.4, 0.5) is 10.5 Å². The summed E-state index contributed by atoms with van der Waals surface area (Å²) in [6.07, 6.45) is 0.777. The van der Waals surface area contributed by atoms with Crippen LogP contribution >= 0.6 is 0 Å². The van der Waals surface area contributed by atoms with Crippen LogP contribution in [0.2, 0.25) is 0 Å². The lowest BCUT2D eigenvalue weighted by Crippen LogP contribution is -2.52. The SMILES string of the molecule is C[C@@H]1CN([C@H](C)CNC(=O)Nc2ccc(CC(=O)N(C)C)cc2)C[C@H](C)O1. The van der Waals surface area contributed by atoms with Gasteiger partial charge in [0.2, 0.25) is 5.91 Å². The molecule has 1 saturated heterocycles. The van der Waals surface area contributed by atoms with Gasteiger partial charge in [-0.05, 0) is 38.5 Å². The van der Waals surface area contributed by atoms with Crippen LogP contribution < -0.4 is 10.6 Å². The molecule has 7 heteroatoms. The predicted molar refractivity (Wildman–Crippen MR) is 107 cm³/mol. The standard InChI is InChI=1S/C20H32N4O3/c1-14(24-12-15(2)27-16(3)13-24)11-21-20(26)22-18-8-6-17(7-9-18)10-19(25)23(4)5/h6-9,14-16H,10-13H2,1-5H3,(H2,21,22,26)/t14-,15-,16+/m1/s1. The zero-order valence-corrected chi connectivity index (χ0v) is 17.0. The van der Waals surface area contributed by atoms with Gasteiger partial charge in [-0.15, -0.1) is 0 Å². The van der Waals surface area contributed by atoms with E-state index in [0.29, 0.717) is 18.7 Å². The number of likely N-dealkylation sites (N-methyl/N-ethyl adjacent to an activating group) is 1. The summed E-state index contributed by atoms with van der Waals surface area (Å²) in [5, 5.41) is 5.76. The van der Waals surface area contributed by atoms with Crippen LogP contribution in [0.15, 0.2) is 24.3 Å². The molecule has 1 aromatic rings. The van der Waals surface area contributed by atoms with Crippen molar-refractivity contribution in [2.24, 2.45) is 0 Å². The molecule has 3 atom stereocenters. The van der Waals surface area contributed by atoms with Crippen molar-refractivity contribution in [3.63, 3.8) is 0 Å². The molecule has 1 fully saturated rings. The Kier molecular flexibility index (Phi) is 7.62. The van der Waals surface area contributed by atoms with Crippen LogP contribution in [-0.4, -0.2) is 73.7 Å². The second kappa shape index (κ2) is 9.71. The highest BCUT2D eigenvalue weighted by molar-refractivity contribution is 5.89. The number of carbonyl (C=O) groups excluding carboxylic acids is 2. The Morgan fingerprint density at radius 2 is 1.78 bits per heavy atom. The number of carbonyl (C=O) groups is 2. The third kappa shape index (κ3) is 6.84. The molecule has 1 heterocycles. The van der Waals surface area contributed by atoms with Crippen molar-refractivity contribution in [1.82, 2.24) is 15.1 Å². The molecular weight excluding hydrogens is 344 g/mol. The molecule has 7 nitrogen and oxygen atoms in total. The number of benzene rings is 1. The molecule has 0 saturated carbocycles. The molecule has 1 aromatic carbocycles. The molecule has 0 aliphatic carbocycles. The average Bonchev–Trinajstić information content (AvgIpc) is 2.60. The van der Waals surface area contributed by atoms with Gasteiger partial charge in [0.15, 0.2) is 0 Å². The lowest BCUT2D eigenvalue weighted by Gasteiger charge is -2.38. The molecule has 2 N–H and O–H groups in total. The normalized spacial score (nSPS) is 21.4. The number of hydrogen-bond acceptors (Lipinski definition) is 4. The quantitative estimate of drug-likeness (QED) is 0.796. The van der Waals surface area contributed by atoms with Crippen LogP contribution in [-0.2, 0) is 16.0 Å². The van der Waals surface area contributed by atoms with E-state index in [2.05, 4.69) is 36.3 Å². The first-order valence-electron chi connectivity index (χ1n) is 9.48. The Balaban J connectivity index is 1.77. The number of amides is 3. The summed E-state index contributed by atoms with van der Waals surface area (Å²) in [5.74, 6) is 0.0502. The molecule has 0 radical (unpaired) electrons. The molecule has 27 heavy (non-hydrogen) atoms. The molecule has 0 aromatic heterocycles. The van der Waals surface area contributed by atoms with E-state index < -0.39 is 0 Å². The maximum Gasteiger partial charge on any atom is 0.319 e. The van der Waals surface area contributed by atoms with E-state index in [4.69, 9.17) is 4.74 Å². The highest BCUT2D eigenvalue weighted by atomic mass is 16.5. The van der Waals surface area contributed by atoms with E-state index in [9.17, 15) is 9.59 Å². The molecule has 150 valence electrons. The highest BCUT2D eigenvalue weighted by Gasteiger charge is 2.25. The zero-order chi connectivity index (χ0) is 20.0. The third-order valence-electron chi connectivity index (χ3n) is 4.70. The minimum Gasteiger partial charge on any atom is -0.373 e. The van der Waals surface area contributed by atoms with Crippen molar-refractivity contribution in [2.75, 3.05) is 39.0 Å². The van der Waals surface area contributed by atoms with Crippen molar-refractivity contribution in [2.45, 2.75) is 45.4 Å². The number of urea groups is 1. The first-order chi connectivity index (χ1) is 12.7. The van der Waals surface area contributed by atoms with E-state index in [1.807, 2.05) is 24.3 Å².